The van der Waals surface area contributed by atoms with Gasteiger partial charge >= 0.3 is 0 Å². The normalized spacial score (nSPS) is 16.1. The lowest BCUT2D eigenvalue weighted by molar-refractivity contribution is 0.310. The van der Waals surface area contributed by atoms with Gasteiger partial charge in [0.2, 0.25) is 5.90 Å². The first-order valence-electron chi connectivity index (χ1n) is 10.1. The third-order valence-electron chi connectivity index (χ3n) is 5.01. The Balaban J connectivity index is 1.77. The fraction of sp³-hybridized carbons (Fsp3) is 0.240. The van der Waals surface area contributed by atoms with Gasteiger partial charge < -0.3 is 4.74 Å². The summed E-state index contributed by atoms with van der Waals surface area (Å²) in [6, 6.07) is 30.5. The Morgan fingerprint density at radius 2 is 1.46 bits per heavy atom. The average molecular weight is 387 g/mol. The first-order chi connectivity index (χ1) is 13.9. The van der Waals surface area contributed by atoms with E-state index in [1.807, 2.05) is 0 Å². The largest absolute Gasteiger partial charge is 0.475 e. The van der Waals surface area contributed by atoms with Crippen LogP contribution in [0, 0.1) is 0 Å². The first-order valence-corrected chi connectivity index (χ1v) is 11.4. The third kappa shape index (κ3) is 4.18. The van der Waals surface area contributed by atoms with Gasteiger partial charge in [-0.3, -0.25) is 0 Å². The quantitative estimate of drug-likeness (QED) is 0.535. The molecule has 1 atom stereocenters. The van der Waals surface area contributed by atoms with Crippen LogP contribution in [-0.4, -0.2) is 18.5 Å². The molecule has 0 aromatic heterocycles. The van der Waals surface area contributed by atoms with Gasteiger partial charge in [0, 0.05) is 5.56 Å². The maximum atomic E-state index is 6.07. The minimum absolute atomic E-state index is 0.294. The zero-order valence-corrected chi connectivity index (χ0v) is 17.2. The van der Waals surface area contributed by atoms with Gasteiger partial charge in [0.05, 0.1) is 6.04 Å². The first kappa shape index (κ1) is 18.9. The summed E-state index contributed by atoms with van der Waals surface area (Å²) >= 11 is 0. The molecular weight excluding hydrogens is 361 g/mol. The van der Waals surface area contributed by atoms with Crippen LogP contribution < -0.4 is 15.9 Å². The highest BCUT2D eigenvalue weighted by atomic mass is 31.1. The zero-order valence-electron chi connectivity index (χ0n) is 16.3. The van der Waals surface area contributed by atoms with Crippen LogP contribution in [0.25, 0.3) is 0 Å². The molecule has 4 rings (SSSR count). The summed E-state index contributed by atoms with van der Waals surface area (Å²) in [5, 5.41) is 4.00. The maximum Gasteiger partial charge on any atom is 0.217 e. The van der Waals surface area contributed by atoms with Gasteiger partial charge in [0.1, 0.15) is 6.61 Å². The van der Waals surface area contributed by atoms with Gasteiger partial charge in [-0.2, -0.15) is 0 Å². The van der Waals surface area contributed by atoms with Crippen molar-refractivity contribution in [1.29, 1.82) is 0 Å². The summed E-state index contributed by atoms with van der Waals surface area (Å²) in [6.45, 7) is 2.93. The summed E-state index contributed by atoms with van der Waals surface area (Å²) in [6.07, 6.45) is 3.51. The van der Waals surface area contributed by atoms with Crippen molar-refractivity contribution >= 4 is 29.7 Å². The molecule has 1 aliphatic heterocycles. The van der Waals surface area contributed by atoms with Gasteiger partial charge in [-0.1, -0.05) is 98.6 Å². The van der Waals surface area contributed by atoms with Crippen molar-refractivity contribution in [2.75, 3.05) is 6.61 Å². The number of rotatable bonds is 7. The van der Waals surface area contributed by atoms with Crippen LogP contribution in [0.3, 0.4) is 0 Å². The van der Waals surface area contributed by atoms with E-state index in [4.69, 9.17) is 9.73 Å². The third-order valence-corrected chi connectivity index (χ3v) is 7.51. The van der Waals surface area contributed by atoms with Crippen molar-refractivity contribution in [2.24, 2.45) is 4.99 Å². The second-order valence-corrected chi connectivity index (χ2v) is 9.25. The summed E-state index contributed by atoms with van der Waals surface area (Å²) in [4.78, 5) is 4.93. The zero-order chi connectivity index (χ0) is 19.2. The van der Waals surface area contributed by atoms with Crippen molar-refractivity contribution in [3.05, 3.63) is 90.5 Å². The molecule has 0 bridgehead atoms. The highest BCUT2D eigenvalue weighted by Crippen LogP contribution is 2.34. The molecule has 3 heteroatoms. The van der Waals surface area contributed by atoms with E-state index in [0.717, 1.165) is 17.9 Å². The number of aliphatic imine (C=N–C) groups is 1. The predicted molar refractivity (Wildman–Crippen MR) is 121 cm³/mol. The lowest BCUT2D eigenvalue weighted by Gasteiger charge is -2.22. The summed E-state index contributed by atoms with van der Waals surface area (Å²) in [5.41, 5.74) is 1.14. The van der Waals surface area contributed by atoms with Crippen LogP contribution in [0.15, 0.2) is 89.9 Å². The topological polar surface area (TPSA) is 21.6 Å². The van der Waals surface area contributed by atoms with E-state index in [1.54, 1.807) is 0 Å². The van der Waals surface area contributed by atoms with Crippen LogP contribution in [0.1, 0.15) is 31.7 Å². The minimum Gasteiger partial charge on any atom is -0.475 e. The second-order valence-electron chi connectivity index (χ2n) is 7.06. The van der Waals surface area contributed by atoms with E-state index >= 15 is 0 Å². The molecule has 0 aliphatic carbocycles. The van der Waals surface area contributed by atoms with E-state index in [0.29, 0.717) is 12.6 Å². The lowest BCUT2D eigenvalue weighted by atomic mass is 10.1. The molecule has 28 heavy (non-hydrogen) atoms. The van der Waals surface area contributed by atoms with Crippen LogP contribution in [0.5, 0.6) is 0 Å². The number of ether oxygens (including phenoxy) is 1. The fourth-order valence-corrected chi connectivity index (χ4v) is 6.02. The smallest absolute Gasteiger partial charge is 0.217 e. The van der Waals surface area contributed by atoms with Crippen molar-refractivity contribution in [3.63, 3.8) is 0 Å². The maximum absolute atomic E-state index is 6.07. The molecule has 0 fully saturated rings. The molecular formula is C25H26NOP. The number of unbranched alkanes of at least 4 members (excludes halogenated alkanes) is 1. The molecule has 0 unspecified atom stereocenters. The van der Waals surface area contributed by atoms with E-state index < -0.39 is 7.92 Å². The SMILES string of the molecule is CCCC[C@H]1COC(c2ccccc2P(c2ccccc2)c2ccccc2)=N1. The number of hydrogen-bond acceptors (Lipinski definition) is 2. The van der Waals surface area contributed by atoms with E-state index in [-0.39, 0.29) is 0 Å². The minimum atomic E-state index is -0.669. The molecule has 1 aliphatic rings. The van der Waals surface area contributed by atoms with E-state index in [1.165, 1.54) is 28.8 Å². The van der Waals surface area contributed by atoms with Crippen LogP contribution >= 0.6 is 7.92 Å². The molecule has 3 aromatic carbocycles. The van der Waals surface area contributed by atoms with Gasteiger partial charge in [-0.05, 0) is 36.3 Å². The molecule has 0 saturated carbocycles. The predicted octanol–water partition coefficient (Wildman–Crippen LogP) is 4.78. The number of hydrogen-bond donors (Lipinski definition) is 0. The highest BCUT2D eigenvalue weighted by molar-refractivity contribution is 7.80. The van der Waals surface area contributed by atoms with Crippen molar-refractivity contribution in [3.8, 4) is 0 Å². The Morgan fingerprint density at radius 1 is 0.857 bits per heavy atom. The van der Waals surface area contributed by atoms with Crippen LogP contribution in [0.4, 0.5) is 0 Å². The van der Waals surface area contributed by atoms with Crippen LogP contribution in [-0.2, 0) is 4.74 Å². The Labute approximate surface area is 169 Å². The molecule has 0 radical (unpaired) electrons. The van der Waals surface area contributed by atoms with Gasteiger partial charge in [0.25, 0.3) is 0 Å². The Hall–Kier alpha value is -2.44. The highest BCUT2D eigenvalue weighted by Gasteiger charge is 2.25. The van der Waals surface area contributed by atoms with E-state index in [2.05, 4.69) is 91.9 Å². The van der Waals surface area contributed by atoms with Crippen molar-refractivity contribution < 1.29 is 4.74 Å². The standard InChI is InChI=1S/C25H26NOP/c1-2-3-12-20-19-27-25(26-20)23-17-10-11-18-24(23)28(21-13-6-4-7-14-21)22-15-8-5-9-16-22/h4-11,13-18,20H,2-3,12,19H2,1H3/t20-/m0/s1. The Kier molecular flexibility index (Phi) is 6.19. The second kappa shape index (κ2) is 9.17. The van der Waals surface area contributed by atoms with Gasteiger partial charge in [-0.25, -0.2) is 4.99 Å². The summed E-state index contributed by atoms with van der Waals surface area (Å²) < 4.78 is 6.07. The summed E-state index contributed by atoms with van der Waals surface area (Å²) in [7, 11) is -0.669. The molecule has 0 spiro atoms. The van der Waals surface area contributed by atoms with Gasteiger partial charge in [-0.15, -0.1) is 0 Å². The molecule has 0 amide bonds. The number of nitrogens with zero attached hydrogens (tertiary/aromatic N) is 1. The van der Waals surface area contributed by atoms with Gasteiger partial charge in [0.15, 0.2) is 0 Å². The fourth-order valence-electron chi connectivity index (χ4n) is 3.58. The number of benzene rings is 3. The molecule has 0 N–H and O–H groups in total. The molecule has 2 nitrogen and oxygen atoms in total. The van der Waals surface area contributed by atoms with Crippen molar-refractivity contribution in [2.45, 2.75) is 32.2 Å². The lowest BCUT2D eigenvalue weighted by Crippen LogP contribution is -2.25. The Bertz CT molecular complexity index is 884. The van der Waals surface area contributed by atoms with E-state index in [9.17, 15) is 0 Å². The monoisotopic (exact) mass is 387 g/mol. The average Bonchev–Trinajstić information content (AvgIpc) is 3.23. The molecule has 142 valence electrons. The Morgan fingerprint density at radius 3 is 2.11 bits per heavy atom. The molecule has 0 saturated heterocycles. The van der Waals surface area contributed by atoms with Crippen LogP contribution in [0.2, 0.25) is 0 Å². The molecule has 1 heterocycles. The summed E-state index contributed by atoms with van der Waals surface area (Å²) in [5.74, 6) is 0.816. The van der Waals surface area contributed by atoms with Crippen molar-refractivity contribution in [1.82, 2.24) is 0 Å². The molecule has 3 aromatic rings.